The Morgan fingerprint density at radius 3 is 2.76 bits per heavy atom. The van der Waals surface area contributed by atoms with Crippen molar-refractivity contribution in [1.82, 2.24) is 5.32 Å². The van der Waals surface area contributed by atoms with Crippen molar-refractivity contribution in [3.05, 3.63) is 34.1 Å². The van der Waals surface area contributed by atoms with Crippen LogP contribution in [0.15, 0.2) is 18.2 Å². The number of carbonyl (C=O) groups is 1. The van der Waals surface area contributed by atoms with Gasteiger partial charge in [-0.15, -0.1) is 0 Å². The summed E-state index contributed by atoms with van der Waals surface area (Å²) >= 11 is 0. The molecule has 0 fully saturated rings. The van der Waals surface area contributed by atoms with Crippen LogP contribution in [0.5, 0.6) is 5.75 Å². The lowest BCUT2D eigenvalue weighted by Gasteiger charge is -2.25. The van der Waals surface area contributed by atoms with E-state index in [4.69, 9.17) is 9.84 Å². The number of nitro groups is 1. The van der Waals surface area contributed by atoms with Gasteiger partial charge in [-0.2, -0.15) is 0 Å². The van der Waals surface area contributed by atoms with Crippen LogP contribution in [0.25, 0.3) is 0 Å². The molecule has 1 aromatic rings. The van der Waals surface area contributed by atoms with Gasteiger partial charge in [0, 0.05) is 18.6 Å². The first-order valence-corrected chi connectivity index (χ1v) is 6.35. The van der Waals surface area contributed by atoms with Gasteiger partial charge >= 0.3 is 11.7 Å². The minimum absolute atomic E-state index is 0.0733. The molecular weight excluding hydrogens is 283 g/mol. The van der Waals surface area contributed by atoms with Crippen molar-refractivity contribution in [3.63, 3.8) is 0 Å². The third kappa shape index (κ3) is 4.38. The average Bonchev–Trinajstić information content (AvgIpc) is 2.38. The minimum atomic E-state index is -1.21. The maximum absolute atomic E-state index is 13.1. The van der Waals surface area contributed by atoms with Gasteiger partial charge in [-0.05, 0) is 19.5 Å². The lowest BCUT2D eigenvalue weighted by atomic mass is 9.98. The van der Waals surface area contributed by atoms with Crippen LogP contribution in [0, 0.1) is 15.9 Å². The molecule has 0 saturated carbocycles. The van der Waals surface area contributed by atoms with Gasteiger partial charge in [0.15, 0.2) is 5.75 Å². The van der Waals surface area contributed by atoms with Crippen molar-refractivity contribution in [2.75, 3.05) is 13.2 Å². The summed E-state index contributed by atoms with van der Waals surface area (Å²) in [5.74, 6) is -1.94. The number of carboxylic acid groups (broad SMARTS) is 1. The van der Waals surface area contributed by atoms with Crippen LogP contribution < -0.4 is 10.1 Å². The highest BCUT2D eigenvalue weighted by atomic mass is 19.1. The van der Waals surface area contributed by atoms with E-state index in [1.807, 2.05) is 0 Å². The summed E-state index contributed by atoms with van der Waals surface area (Å²) in [6, 6.07) is 2.87. The largest absolute Gasteiger partial charge is 0.487 e. The van der Waals surface area contributed by atoms with Gasteiger partial charge in [-0.25, -0.2) is 4.39 Å². The smallest absolute Gasteiger partial charge is 0.323 e. The number of likely N-dealkylation sites (N-methyl/N-ethyl adjacent to an activating group) is 1. The molecule has 0 spiro atoms. The summed E-state index contributed by atoms with van der Waals surface area (Å²) in [5, 5.41) is 22.8. The Labute approximate surface area is 120 Å². The van der Waals surface area contributed by atoms with Gasteiger partial charge in [0.25, 0.3) is 0 Å². The molecule has 0 aromatic heterocycles. The van der Waals surface area contributed by atoms with E-state index >= 15 is 0 Å². The number of nitrogens with one attached hydrogen (secondary N) is 1. The molecule has 1 aromatic carbocycles. The van der Waals surface area contributed by atoms with Gasteiger partial charge in [-0.3, -0.25) is 14.9 Å². The second kappa shape index (κ2) is 6.98. The van der Waals surface area contributed by atoms with Gasteiger partial charge in [0.05, 0.1) is 11.5 Å². The van der Waals surface area contributed by atoms with E-state index in [0.29, 0.717) is 6.54 Å². The lowest BCUT2D eigenvalue weighted by Crippen LogP contribution is -2.50. The number of aliphatic carboxylic acids is 1. The maximum Gasteiger partial charge on any atom is 0.323 e. The predicted molar refractivity (Wildman–Crippen MR) is 72.9 cm³/mol. The minimum Gasteiger partial charge on any atom is -0.487 e. The van der Waals surface area contributed by atoms with E-state index in [1.54, 1.807) is 6.92 Å². The lowest BCUT2D eigenvalue weighted by molar-refractivity contribution is -0.385. The Bertz CT molecular complexity index is 537. The first-order chi connectivity index (χ1) is 9.80. The van der Waals surface area contributed by atoms with Gasteiger partial charge in [-0.1, -0.05) is 6.92 Å². The molecule has 1 rings (SSSR count). The van der Waals surface area contributed by atoms with E-state index in [9.17, 15) is 19.3 Å². The molecule has 0 aliphatic carbocycles. The zero-order chi connectivity index (χ0) is 16.0. The normalized spacial score (nSPS) is 13.5. The molecule has 8 heteroatoms. The molecule has 21 heavy (non-hydrogen) atoms. The van der Waals surface area contributed by atoms with Crippen molar-refractivity contribution < 1.29 is 24.0 Å². The van der Waals surface area contributed by atoms with Crippen molar-refractivity contribution in [1.29, 1.82) is 0 Å². The fourth-order valence-electron chi connectivity index (χ4n) is 1.78. The Kier molecular flexibility index (Phi) is 5.60. The number of rotatable bonds is 8. The number of hydrogen-bond donors (Lipinski definition) is 2. The van der Waals surface area contributed by atoms with Gasteiger partial charge < -0.3 is 15.2 Å². The monoisotopic (exact) mass is 300 g/mol. The van der Waals surface area contributed by atoms with Crippen LogP contribution >= 0.6 is 0 Å². The van der Waals surface area contributed by atoms with Gasteiger partial charge in [0.2, 0.25) is 0 Å². The quantitative estimate of drug-likeness (QED) is 0.562. The van der Waals surface area contributed by atoms with E-state index in [-0.39, 0.29) is 24.5 Å². The predicted octanol–water partition coefficient (Wildman–Crippen LogP) is 1.96. The van der Waals surface area contributed by atoms with Crippen LogP contribution in [0.1, 0.15) is 20.3 Å². The highest BCUT2D eigenvalue weighted by Gasteiger charge is 2.32. The number of carboxylic acids is 1. The van der Waals surface area contributed by atoms with Crippen LogP contribution in [0.2, 0.25) is 0 Å². The first kappa shape index (κ1) is 16.8. The second-order valence-electron chi connectivity index (χ2n) is 4.64. The molecule has 0 bridgehead atoms. The Balaban J connectivity index is 2.77. The Morgan fingerprint density at radius 2 is 2.24 bits per heavy atom. The molecule has 2 N–H and O–H groups in total. The summed E-state index contributed by atoms with van der Waals surface area (Å²) in [6.07, 6.45) is 0.0733. The highest BCUT2D eigenvalue weighted by Crippen LogP contribution is 2.28. The van der Waals surface area contributed by atoms with Crippen molar-refractivity contribution in [2.24, 2.45) is 0 Å². The Morgan fingerprint density at radius 1 is 1.57 bits per heavy atom. The molecule has 0 radical (unpaired) electrons. The molecule has 0 amide bonds. The zero-order valence-electron chi connectivity index (χ0n) is 11.8. The molecular formula is C13H17FN2O5. The van der Waals surface area contributed by atoms with Gasteiger partial charge in [0.1, 0.15) is 11.4 Å². The second-order valence-corrected chi connectivity index (χ2v) is 4.64. The van der Waals surface area contributed by atoms with Crippen LogP contribution in [-0.4, -0.2) is 34.7 Å². The Hall–Kier alpha value is -2.22. The van der Waals surface area contributed by atoms with Crippen molar-refractivity contribution in [3.8, 4) is 5.75 Å². The fourth-order valence-corrected chi connectivity index (χ4v) is 1.78. The van der Waals surface area contributed by atoms with Crippen LogP contribution in [0.4, 0.5) is 10.1 Å². The number of nitro benzene ring substituents is 1. The fraction of sp³-hybridized carbons (Fsp3) is 0.462. The summed E-state index contributed by atoms with van der Waals surface area (Å²) in [5.41, 5.74) is -1.58. The molecule has 0 heterocycles. The first-order valence-electron chi connectivity index (χ1n) is 6.35. The van der Waals surface area contributed by atoms with Crippen LogP contribution in [-0.2, 0) is 4.79 Å². The zero-order valence-corrected chi connectivity index (χ0v) is 11.8. The highest BCUT2D eigenvalue weighted by molar-refractivity contribution is 5.78. The molecule has 0 saturated heterocycles. The SMILES string of the molecule is CCNC(C)(CCOc1cc(F)ccc1[N+](=O)[O-])C(=O)O. The summed E-state index contributed by atoms with van der Waals surface area (Å²) < 4.78 is 18.3. The topological polar surface area (TPSA) is 102 Å². The molecule has 116 valence electrons. The van der Waals surface area contributed by atoms with E-state index in [1.165, 1.54) is 6.92 Å². The third-order valence-corrected chi connectivity index (χ3v) is 3.02. The van der Waals surface area contributed by atoms with E-state index in [2.05, 4.69) is 5.32 Å². The van der Waals surface area contributed by atoms with Crippen LogP contribution in [0.3, 0.4) is 0 Å². The average molecular weight is 300 g/mol. The number of hydrogen-bond acceptors (Lipinski definition) is 5. The van der Waals surface area contributed by atoms with E-state index < -0.39 is 22.2 Å². The molecule has 0 aliphatic rings. The molecule has 1 unspecified atom stereocenters. The molecule has 0 aliphatic heterocycles. The molecule has 1 atom stereocenters. The van der Waals surface area contributed by atoms with Crippen molar-refractivity contribution in [2.45, 2.75) is 25.8 Å². The third-order valence-electron chi connectivity index (χ3n) is 3.02. The number of benzene rings is 1. The standard InChI is InChI=1S/C13H17FN2O5/c1-3-15-13(2,12(17)18)6-7-21-11-8-9(14)4-5-10(11)16(19)20/h4-5,8,15H,3,6-7H2,1-2H3,(H,17,18). The summed E-state index contributed by atoms with van der Waals surface area (Å²) in [7, 11) is 0. The van der Waals surface area contributed by atoms with E-state index in [0.717, 1.165) is 18.2 Å². The maximum atomic E-state index is 13.1. The summed E-state index contributed by atoms with van der Waals surface area (Å²) in [6.45, 7) is 3.60. The van der Waals surface area contributed by atoms with Crippen molar-refractivity contribution >= 4 is 11.7 Å². The number of ether oxygens (including phenoxy) is 1. The number of halogens is 1. The summed E-state index contributed by atoms with van der Waals surface area (Å²) in [4.78, 5) is 21.3. The molecule has 7 nitrogen and oxygen atoms in total. The number of nitrogens with zero attached hydrogens (tertiary/aromatic N) is 1.